The van der Waals surface area contributed by atoms with E-state index in [2.05, 4.69) is 28.5 Å². The Morgan fingerprint density at radius 1 is 1.14 bits per heavy atom. The first-order chi connectivity index (χ1) is 13.9. The summed E-state index contributed by atoms with van der Waals surface area (Å²) in [6.45, 7) is 8.04. The highest BCUT2D eigenvalue weighted by atomic mass is 16.1. The first-order valence-electron chi connectivity index (χ1n) is 9.58. The van der Waals surface area contributed by atoms with Crippen molar-refractivity contribution in [2.24, 2.45) is 0 Å². The van der Waals surface area contributed by atoms with E-state index in [0.29, 0.717) is 16.6 Å². The normalized spacial score (nSPS) is 11.5. The lowest BCUT2D eigenvalue weighted by Gasteiger charge is -2.13. The van der Waals surface area contributed by atoms with Crippen LogP contribution in [0.2, 0.25) is 0 Å². The van der Waals surface area contributed by atoms with Crippen molar-refractivity contribution in [2.75, 3.05) is 0 Å². The van der Waals surface area contributed by atoms with Crippen molar-refractivity contribution in [1.82, 2.24) is 23.9 Å². The monoisotopic (exact) mass is 389 g/mol. The van der Waals surface area contributed by atoms with Gasteiger partial charge in [-0.1, -0.05) is 18.2 Å². The average molecular weight is 389 g/mol. The van der Waals surface area contributed by atoms with Gasteiger partial charge in [0.1, 0.15) is 11.7 Å². The minimum Gasteiger partial charge on any atom is -0.346 e. The highest BCUT2D eigenvalue weighted by molar-refractivity contribution is 5.97. The van der Waals surface area contributed by atoms with Gasteiger partial charge in [-0.2, -0.15) is 5.10 Å². The molecule has 0 N–H and O–H groups in total. The number of hydrogen-bond acceptors (Lipinski definition) is 4. The third-order valence-electron chi connectivity index (χ3n) is 5.17. The second-order valence-electron chi connectivity index (χ2n) is 7.48. The van der Waals surface area contributed by atoms with E-state index in [1.54, 1.807) is 4.68 Å². The summed E-state index contributed by atoms with van der Waals surface area (Å²) < 4.78 is 5.10. The number of ketones is 1. The van der Waals surface area contributed by atoms with Gasteiger partial charge in [-0.25, -0.2) is 9.67 Å². The lowest BCUT2D eigenvalue weighted by molar-refractivity contribution is 0.0970. The smallest absolute Gasteiger partial charge is 0.264 e. The Morgan fingerprint density at radius 2 is 1.86 bits per heavy atom. The minimum absolute atomic E-state index is 0.0549. The topological polar surface area (TPSA) is 74.7 Å². The molecule has 0 aliphatic carbocycles. The van der Waals surface area contributed by atoms with Crippen LogP contribution in [-0.4, -0.2) is 29.7 Å². The van der Waals surface area contributed by atoms with Crippen LogP contribution in [0.5, 0.6) is 0 Å². The summed E-state index contributed by atoms with van der Waals surface area (Å²) in [6.07, 6.45) is 2.93. The molecule has 0 aliphatic heterocycles. The van der Waals surface area contributed by atoms with E-state index in [0.717, 1.165) is 17.1 Å². The van der Waals surface area contributed by atoms with E-state index in [1.165, 1.54) is 17.1 Å². The van der Waals surface area contributed by atoms with Crippen LogP contribution in [0.25, 0.3) is 16.7 Å². The zero-order chi connectivity index (χ0) is 20.7. The second kappa shape index (κ2) is 7.16. The Morgan fingerprint density at radius 3 is 2.52 bits per heavy atom. The molecule has 3 aromatic heterocycles. The molecule has 3 heterocycles. The lowest BCUT2D eigenvalue weighted by Crippen LogP contribution is -2.25. The van der Waals surface area contributed by atoms with Gasteiger partial charge in [0, 0.05) is 23.0 Å². The minimum atomic E-state index is -0.275. The molecule has 7 nitrogen and oxygen atoms in total. The maximum absolute atomic E-state index is 12.9. The number of Topliss-reactive ketones (excluding diaryl/α,β-unsaturated/α-hetero) is 1. The van der Waals surface area contributed by atoms with Crippen LogP contribution >= 0.6 is 0 Å². The fourth-order valence-electron chi connectivity index (χ4n) is 3.91. The molecule has 0 fully saturated rings. The van der Waals surface area contributed by atoms with Crippen LogP contribution in [0.1, 0.15) is 41.6 Å². The van der Waals surface area contributed by atoms with Crippen LogP contribution in [0.15, 0.2) is 53.7 Å². The van der Waals surface area contributed by atoms with Crippen molar-refractivity contribution < 1.29 is 4.79 Å². The number of aryl methyl sites for hydroxylation is 1. The predicted molar refractivity (Wildman–Crippen MR) is 112 cm³/mol. The largest absolute Gasteiger partial charge is 0.346 e. The molecule has 4 aromatic rings. The Bertz CT molecular complexity index is 1260. The molecule has 0 unspecified atom stereocenters. The van der Waals surface area contributed by atoms with Gasteiger partial charge in [-0.3, -0.25) is 14.2 Å². The van der Waals surface area contributed by atoms with E-state index in [9.17, 15) is 9.59 Å². The highest BCUT2D eigenvalue weighted by Gasteiger charge is 2.19. The van der Waals surface area contributed by atoms with Gasteiger partial charge in [0.05, 0.1) is 18.4 Å². The van der Waals surface area contributed by atoms with Crippen LogP contribution in [-0.2, 0) is 6.54 Å². The molecule has 7 heteroatoms. The number of fused-ring (bicyclic) bond motifs is 1. The zero-order valence-electron chi connectivity index (χ0n) is 17.0. The van der Waals surface area contributed by atoms with Crippen molar-refractivity contribution >= 4 is 16.8 Å². The predicted octanol–water partition coefficient (Wildman–Crippen LogP) is 3.46. The number of para-hydroxylation sites is 1. The number of benzene rings is 1. The Hall–Kier alpha value is -3.48. The number of rotatable bonds is 5. The van der Waals surface area contributed by atoms with E-state index in [4.69, 9.17) is 0 Å². The fourth-order valence-corrected chi connectivity index (χ4v) is 3.91. The number of carbonyl (C=O) groups is 1. The molecular formula is C22H23N5O2. The van der Waals surface area contributed by atoms with Gasteiger partial charge in [-0.15, -0.1) is 0 Å². The molecule has 0 atom stereocenters. The summed E-state index contributed by atoms with van der Waals surface area (Å²) in [5, 5.41) is 4.69. The molecule has 0 amide bonds. The second-order valence-corrected chi connectivity index (χ2v) is 7.48. The summed E-state index contributed by atoms with van der Waals surface area (Å²) in [4.78, 5) is 30.2. The summed E-state index contributed by atoms with van der Waals surface area (Å²) in [5.74, 6) is -0.108. The van der Waals surface area contributed by atoms with Crippen molar-refractivity contribution in [3.05, 3.63) is 76.2 Å². The third kappa shape index (κ3) is 3.18. The summed E-state index contributed by atoms with van der Waals surface area (Å²) in [7, 11) is 0. The van der Waals surface area contributed by atoms with Gasteiger partial charge >= 0.3 is 0 Å². The van der Waals surface area contributed by atoms with E-state index >= 15 is 0 Å². The Kier molecular flexibility index (Phi) is 4.66. The van der Waals surface area contributed by atoms with Crippen molar-refractivity contribution in [3.63, 3.8) is 0 Å². The van der Waals surface area contributed by atoms with E-state index < -0.39 is 0 Å². The first-order valence-corrected chi connectivity index (χ1v) is 9.58. The lowest BCUT2D eigenvalue weighted by atomic mass is 10.1. The van der Waals surface area contributed by atoms with Gasteiger partial charge in [0.25, 0.3) is 5.56 Å². The third-order valence-corrected chi connectivity index (χ3v) is 5.17. The van der Waals surface area contributed by atoms with Gasteiger partial charge in [0.2, 0.25) is 0 Å². The molecule has 0 spiro atoms. The van der Waals surface area contributed by atoms with Crippen LogP contribution < -0.4 is 5.56 Å². The van der Waals surface area contributed by atoms with Crippen LogP contribution in [0.4, 0.5) is 0 Å². The number of hydrogen-bond donors (Lipinski definition) is 0. The van der Waals surface area contributed by atoms with Crippen LogP contribution in [0.3, 0.4) is 0 Å². The van der Waals surface area contributed by atoms with Crippen LogP contribution in [0, 0.1) is 13.8 Å². The summed E-state index contributed by atoms with van der Waals surface area (Å²) in [5.41, 5.74) is 3.62. The number of nitrogens with zero attached hydrogens (tertiary/aromatic N) is 5. The molecule has 29 heavy (non-hydrogen) atoms. The maximum atomic E-state index is 12.9. The standard InChI is InChI=1S/C22H23N5O2/c1-14(2)26-15(3)10-18(16(26)4)20(28)12-25-13-23-21-19(22(25)29)11-24-27(21)17-8-6-5-7-9-17/h5-11,13-14H,12H2,1-4H3. The molecule has 0 radical (unpaired) electrons. The number of aromatic nitrogens is 5. The van der Waals surface area contributed by atoms with Gasteiger partial charge in [-0.05, 0) is 45.9 Å². The fraction of sp³-hybridized carbons (Fsp3) is 0.273. The molecule has 0 aliphatic rings. The zero-order valence-corrected chi connectivity index (χ0v) is 17.0. The SMILES string of the molecule is Cc1cc(C(=O)Cn2cnc3c(cnn3-c3ccccc3)c2=O)c(C)n1C(C)C. The molecule has 4 rings (SSSR count). The molecular weight excluding hydrogens is 366 g/mol. The molecule has 148 valence electrons. The summed E-state index contributed by atoms with van der Waals surface area (Å²) in [6, 6.07) is 11.7. The van der Waals surface area contributed by atoms with E-state index in [-0.39, 0.29) is 23.9 Å². The Balaban J connectivity index is 1.69. The maximum Gasteiger partial charge on any atom is 0.264 e. The Labute approximate surface area is 168 Å². The van der Waals surface area contributed by atoms with Crippen molar-refractivity contribution in [2.45, 2.75) is 40.3 Å². The van der Waals surface area contributed by atoms with Crippen molar-refractivity contribution in [1.29, 1.82) is 0 Å². The summed E-state index contributed by atoms with van der Waals surface area (Å²) >= 11 is 0. The highest BCUT2D eigenvalue weighted by Crippen LogP contribution is 2.21. The molecule has 0 saturated heterocycles. The average Bonchev–Trinajstić information content (AvgIpc) is 3.26. The first kappa shape index (κ1) is 18.9. The molecule has 1 aromatic carbocycles. The van der Waals surface area contributed by atoms with Gasteiger partial charge in [0.15, 0.2) is 11.4 Å². The van der Waals surface area contributed by atoms with Gasteiger partial charge < -0.3 is 4.57 Å². The number of carbonyl (C=O) groups excluding carboxylic acids is 1. The van der Waals surface area contributed by atoms with E-state index in [1.807, 2.05) is 50.2 Å². The van der Waals surface area contributed by atoms with Crippen molar-refractivity contribution in [3.8, 4) is 5.69 Å². The molecule has 0 saturated carbocycles. The molecule has 0 bridgehead atoms. The quantitative estimate of drug-likeness (QED) is 0.490.